The van der Waals surface area contributed by atoms with Crippen LogP contribution in [0.1, 0.15) is 63.3 Å². The van der Waals surface area contributed by atoms with Gasteiger partial charge in [-0.3, -0.25) is 9.59 Å². The number of likely N-dealkylation sites (tertiary alicyclic amines) is 1. The molecule has 220 valence electrons. The fourth-order valence-corrected chi connectivity index (χ4v) is 6.19. The summed E-state index contributed by atoms with van der Waals surface area (Å²) in [6.45, 7) is 10.8. The first-order valence-corrected chi connectivity index (χ1v) is 14.9. The standard InChI is InChI=1S/C30H35Cl3N4O4/c1-6-40-29(39)30(16-22-17-37(35-34-22)27-24(32)14-21(31)15-25(27)33)9-11-36(12-10-30)28(38)20(5)41-26-13-19(4)7-8-23(26)18(2)3/h7-8,13-15,17-18,20H,6,9-12,16H2,1-5H3. The summed E-state index contributed by atoms with van der Waals surface area (Å²) in [5, 5.41) is 9.55. The van der Waals surface area contributed by atoms with Crippen LogP contribution in [0.3, 0.4) is 0 Å². The van der Waals surface area contributed by atoms with Crippen LogP contribution in [0, 0.1) is 12.3 Å². The second kappa shape index (κ2) is 13.0. The molecule has 1 aromatic heterocycles. The smallest absolute Gasteiger partial charge is 0.312 e. The first-order valence-electron chi connectivity index (χ1n) is 13.7. The zero-order valence-corrected chi connectivity index (χ0v) is 26.2. The Kier molecular flexibility index (Phi) is 9.88. The van der Waals surface area contributed by atoms with Gasteiger partial charge in [-0.2, -0.15) is 0 Å². The number of carbonyl (C=O) groups is 2. The van der Waals surface area contributed by atoms with Crippen LogP contribution in [0.2, 0.25) is 15.1 Å². The minimum atomic E-state index is -0.854. The molecule has 0 N–H and O–H groups in total. The van der Waals surface area contributed by atoms with E-state index in [9.17, 15) is 9.59 Å². The zero-order valence-electron chi connectivity index (χ0n) is 23.9. The van der Waals surface area contributed by atoms with Gasteiger partial charge in [-0.1, -0.05) is 66.0 Å². The normalized spacial score (nSPS) is 15.6. The van der Waals surface area contributed by atoms with Crippen molar-refractivity contribution in [2.24, 2.45) is 5.41 Å². The maximum absolute atomic E-state index is 13.4. The third-order valence-electron chi connectivity index (χ3n) is 7.45. The minimum absolute atomic E-state index is 0.114. The average molecular weight is 622 g/mol. The molecule has 0 aliphatic carbocycles. The number of benzene rings is 2. The molecular weight excluding hydrogens is 587 g/mol. The molecule has 41 heavy (non-hydrogen) atoms. The molecule has 0 radical (unpaired) electrons. The number of esters is 1. The Labute approximate surface area is 255 Å². The van der Waals surface area contributed by atoms with Crippen molar-refractivity contribution in [1.82, 2.24) is 19.9 Å². The van der Waals surface area contributed by atoms with Crippen LogP contribution in [-0.2, 0) is 20.7 Å². The lowest BCUT2D eigenvalue weighted by Gasteiger charge is -2.40. The second-order valence-electron chi connectivity index (χ2n) is 10.8. The molecule has 0 spiro atoms. The Morgan fingerprint density at radius 2 is 1.71 bits per heavy atom. The predicted molar refractivity (Wildman–Crippen MR) is 160 cm³/mol. The fourth-order valence-electron chi connectivity index (χ4n) is 5.20. The number of hydrogen-bond acceptors (Lipinski definition) is 6. The molecule has 8 nitrogen and oxygen atoms in total. The summed E-state index contributed by atoms with van der Waals surface area (Å²) in [5.74, 6) is 0.562. The maximum Gasteiger partial charge on any atom is 0.312 e. The van der Waals surface area contributed by atoms with E-state index < -0.39 is 11.5 Å². The van der Waals surface area contributed by atoms with Crippen molar-refractivity contribution >= 4 is 46.7 Å². The SMILES string of the molecule is CCOC(=O)C1(Cc2cn(-c3c(Cl)cc(Cl)cc3Cl)nn2)CCN(C(=O)C(C)Oc2cc(C)ccc2C(C)C)CC1. The molecule has 11 heteroatoms. The molecular formula is C30H35Cl3N4O4. The third kappa shape index (κ3) is 6.99. The first-order chi connectivity index (χ1) is 19.4. The summed E-state index contributed by atoms with van der Waals surface area (Å²) >= 11 is 18.8. The van der Waals surface area contributed by atoms with E-state index >= 15 is 0 Å². The average Bonchev–Trinajstić information content (AvgIpc) is 3.35. The lowest BCUT2D eigenvalue weighted by Crippen LogP contribution is -2.51. The molecule has 0 saturated carbocycles. The Balaban J connectivity index is 1.49. The number of carbonyl (C=O) groups excluding carboxylic acids is 2. The third-order valence-corrected chi connectivity index (χ3v) is 8.25. The molecule has 1 saturated heterocycles. The summed E-state index contributed by atoms with van der Waals surface area (Å²) in [5.41, 5.74) is 2.30. The second-order valence-corrected chi connectivity index (χ2v) is 12.1. The van der Waals surface area contributed by atoms with E-state index in [4.69, 9.17) is 44.3 Å². The number of rotatable bonds is 9. The van der Waals surface area contributed by atoms with Crippen LogP contribution < -0.4 is 4.74 Å². The van der Waals surface area contributed by atoms with Crippen LogP contribution in [0.15, 0.2) is 36.5 Å². The summed E-state index contributed by atoms with van der Waals surface area (Å²) < 4.78 is 13.1. The number of nitrogens with zero attached hydrogens (tertiary/aromatic N) is 4. The van der Waals surface area contributed by atoms with E-state index in [0.717, 1.165) is 16.9 Å². The number of piperidine rings is 1. The summed E-state index contributed by atoms with van der Waals surface area (Å²) in [6, 6.07) is 9.22. The minimum Gasteiger partial charge on any atom is -0.481 e. The molecule has 1 amide bonds. The van der Waals surface area contributed by atoms with Crippen molar-refractivity contribution in [3.63, 3.8) is 0 Å². The van der Waals surface area contributed by atoms with Gasteiger partial charge in [0.05, 0.1) is 34.0 Å². The van der Waals surface area contributed by atoms with E-state index in [1.165, 1.54) is 4.68 Å². The van der Waals surface area contributed by atoms with E-state index in [-0.39, 0.29) is 24.4 Å². The van der Waals surface area contributed by atoms with Gasteiger partial charge in [0.25, 0.3) is 5.91 Å². The van der Waals surface area contributed by atoms with Crippen molar-refractivity contribution in [3.8, 4) is 11.4 Å². The van der Waals surface area contributed by atoms with Gasteiger partial charge < -0.3 is 14.4 Å². The van der Waals surface area contributed by atoms with Gasteiger partial charge >= 0.3 is 5.97 Å². The lowest BCUT2D eigenvalue weighted by atomic mass is 9.74. The molecule has 4 rings (SSSR count). The highest BCUT2D eigenvalue weighted by Gasteiger charge is 2.45. The van der Waals surface area contributed by atoms with Crippen molar-refractivity contribution in [2.45, 2.75) is 65.9 Å². The van der Waals surface area contributed by atoms with Gasteiger partial charge in [0.1, 0.15) is 11.4 Å². The molecule has 1 aliphatic rings. The highest BCUT2D eigenvalue weighted by atomic mass is 35.5. The molecule has 1 unspecified atom stereocenters. The molecule has 0 bridgehead atoms. The molecule has 3 aromatic rings. The number of aryl methyl sites for hydroxylation is 1. The van der Waals surface area contributed by atoms with Crippen molar-refractivity contribution in [2.75, 3.05) is 19.7 Å². The Bertz CT molecular complexity index is 1390. The van der Waals surface area contributed by atoms with E-state index in [2.05, 4.69) is 24.2 Å². The van der Waals surface area contributed by atoms with Crippen LogP contribution in [0.4, 0.5) is 0 Å². The Morgan fingerprint density at radius 1 is 1.05 bits per heavy atom. The van der Waals surface area contributed by atoms with Gasteiger partial charge in [0, 0.05) is 24.5 Å². The summed E-state index contributed by atoms with van der Waals surface area (Å²) in [7, 11) is 0. The van der Waals surface area contributed by atoms with Crippen LogP contribution in [0.25, 0.3) is 5.69 Å². The Morgan fingerprint density at radius 3 is 2.32 bits per heavy atom. The number of ether oxygens (including phenoxy) is 2. The number of aromatic nitrogens is 3. The van der Waals surface area contributed by atoms with E-state index in [0.29, 0.717) is 58.8 Å². The van der Waals surface area contributed by atoms with Crippen molar-refractivity contribution < 1.29 is 19.1 Å². The predicted octanol–water partition coefficient (Wildman–Crippen LogP) is 6.84. The van der Waals surface area contributed by atoms with Gasteiger partial charge in [-0.25, -0.2) is 4.68 Å². The first kappa shape index (κ1) is 31.1. The zero-order chi connectivity index (χ0) is 29.9. The number of hydrogen-bond donors (Lipinski definition) is 0. The van der Waals surface area contributed by atoms with Crippen LogP contribution in [0.5, 0.6) is 5.75 Å². The topological polar surface area (TPSA) is 86.6 Å². The number of amides is 1. The molecule has 2 aromatic carbocycles. The van der Waals surface area contributed by atoms with Crippen LogP contribution in [-0.4, -0.2) is 57.6 Å². The monoisotopic (exact) mass is 620 g/mol. The lowest BCUT2D eigenvalue weighted by molar-refractivity contribution is -0.161. The van der Waals surface area contributed by atoms with Crippen molar-refractivity contribution in [3.05, 3.63) is 68.4 Å². The quantitative estimate of drug-likeness (QED) is 0.243. The van der Waals surface area contributed by atoms with E-state index in [1.807, 2.05) is 25.1 Å². The summed E-state index contributed by atoms with van der Waals surface area (Å²) in [6.07, 6.45) is 2.16. The maximum atomic E-state index is 13.4. The van der Waals surface area contributed by atoms with Gasteiger partial charge in [0.2, 0.25) is 0 Å². The highest BCUT2D eigenvalue weighted by Crippen LogP contribution is 2.38. The van der Waals surface area contributed by atoms with E-state index in [1.54, 1.807) is 37.1 Å². The summed E-state index contributed by atoms with van der Waals surface area (Å²) in [4.78, 5) is 28.4. The van der Waals surface area contributed by atoms with Gasteiger partial charge in [-0.05, 0) is 68.9 Å². The fraction of sp³-hybridized carbons (Fsp3) is 0.467. The highest BCUT2D eigenvalue weighted by molar-refractivity contribution is 6.40. The van der Waals surface area contributed by atoms with Gasteiger partial charge in [0.15, 0.2) is 6.10 Å². The van der Waals surface area contributed by atoms with Gasteiger partial charge in [-0.15, -0.1) is 5.10 Å². The largest absolute Gasteiger partial charge is 0.481 e. The molecule has 2 heterocycles. The number of halogens is 3. The Hall–Kier alpha value is -2.81. The van der Waals surface area contributed by atoms with Crippen molar-refractivity contribution in [1.29, 1.82) is 0 Å². The van der Waals surface area contributed by atoms with Crippen LogP contribution >= 0.6 is 34.8 Å². The molecule has 1 aliphatic heterocycles. The molecule has 1 fully saturated rings. The molecule has 1 atom stereocenters.